The molecule has 0 spiro atoms. The van der Waals surface area contributed by atoms with Gasteiger partial charge in [-0.25, -0.2) is 8.78 Å². The molecule has 0 aromatic heterocycles. The van der Waals surface area contributed by atoms with Gasteiger partial charge in [-0.3, -0.25) is 0 Å². The van der Waals surface area contributed by atoms with Crippen molar-refractivity contribution >= 4 is 11.1 Å². The summed E-state index contributed by atoms with van der Waals surface area (Å²) in [5, 5.41) is 0. The first-order chi connectivity index (χ1) is 14.6. The molecule has 0 bridgehead atoms. The Labute approximate surface area is 178 Å². The highest BCUT2D eigenvalue weighted by Crippen LogP contribution is 2.34. The van der Waals surface area contributed by atoms with Gasteiger partial charge < -0.3 is 14.2 Å². The molecular weight excluding hydrogens is 412 g/mol. The SMILES string of the molecule is C=C(OC(=C)C(=C)c1ccc(OCC)c(F)c1F)C(=C)c1ccc(OCC)c(F)c1F. The lowest BCUT2D eigenvalue weighted by atomic mass is 10.0. The highest BCUT2D eigenvalue weighted by molar-refractivity contribution is 5.79. The van der Waals surface area contributed by atoms with E-state index in [2.05, 4.69) is 26.3 Å². The van der Waals surface area contributed by atoms with Crippen molar-refractivity contribution in [1.29, 1.82) is 0 Å². The van der Waals surface area contributed by atoms with E-state index in [1.165, 1.54) is 24.3 Å². The van der Waals surface area contributed by atoms with Crippen molar-refractivity contribution in [3.63, 3.8) is 0 Å². The lowest BCUT2D eigenvalue weighted by molar-refractivity contribution is 0.313. The minimum atomic E-state index is -1.19. The molecule has 2 aromatic carbocycles. The molecule has 164 valence electrons. The third-order valence-corrected chi connectivity index (χ3v) is 4.26. The molecule has 0 atom stereocenters. The lowest BCUT2D eigenvalue weighted by Crippen LogP contribution is -2.04. The first-order valence-electron chi connectivity index (χ1n) is 9.30. The van der Waals surface area contributed by atoms with Crippen LogP contribution in [0, 0.1) is 23.3 Å². The van der Waals surface area contributed by atoms with E-state index in [1.807, 2.05) is 0 Å². The summed E-state index contributed by atoms with van der Waals surface area (Å²) < 4.78 is 72.5. The average molecular weight is 434 g/mol. The van der Waals surface area contributed by atoms with E-state index < -0.39 is 23.3 Å². The zero-order valence-corrected chi connectivity index (χ0v) is 17.3. The number of allylic oxidation sites excluding steroid dienone is 2. The van der Waals surface area contributed by atoms with Gasteiger partial charge in [-0.2, -0.15) is 8.78 Å². The molecule has 0 heterocycles. The van der Waals surface area contributed by atoms with Gasteiger partial charge in [0.1, 0.15) is 11.5 Å². The molecule has 0 saturated heterocycles. The maximum Gasteiger partial charge on any atom is 0.201 e. The lowest BCUT2D eigenvalue weighted by Gasteiger charge is -2.17. The Balaban J connectivity index is 2.20. The second-order valence-corrected chi connectivity index (χ2v) is 6.25. The average Bonchev–Trinajstić information content (AvgIpc) is 2.74. The van der Waals surface area contributed by atoms with Gasteiger partial charge in [-0.05, 0) is 38.1 Å². The molecule has 2 rings (SSSR count). The first kappa shape index (κ1) is 23.8. The Morgan fingerprint density at radius 1 is 0.645 bits per heavy atom. The molecule has 0 amide bonds. The number of hydrogen-bond donors (Lipinski definition) is 0. The molecule has 0 aliphatic rings. The summed E-state index contributed by atoms with van der Waals surface area (Å²) in [5.41, 5.74) is -0.566. The minimum Gasteiger partial charge on any atom is -0.491 e. The zero-order valence-electron chi connectivity index (χ0n) is 17.3. The first-order valence-corrected chi connectivity index (χ1v) is 9.30. The molecule has 0 aliphatic heterocycles. The highest BCUT2D eigenvalue weighted by Gasteiger charge is 2.21. The normalized spacial score (nSPS) is 10.4. The minimum absolute atomic E-state index is 0.0771. The van der Waals surface area contributed by atoms with Gasteiger partial charge in [0, 0.05) is 22.3 Å². The molecule has 0 saturated carbocycles. The molecule has 0 N–H and O–H groups in total. The summed E-state index contributed by atoms with van der Waals surface area (Å²) in [5.74, 6) is -5.58. The van der Waals surface area contributed by atoms with Crippen LogP contribution in [0.5, 0.6) is 11.5 Å². The number of hydrogen-bond acceptors (Lipinski definition) is 3. The number of rotatable bonds is 10. The van der Waals surface area contributed by atoms with Crippen LogP contribution in [-0.4, -0.2) is 13.2 Å². The summed E-state index contributed by atoms with van der Waals surface area (Å²) in [6.45, 7) is 18.2. The van der Waals surface area contributed by atoms with E-state index in [9.17, 15) is 17.6 Å². The van der Waals surface area contributed by atoms with Crippen molar-refractivity contribution < 1.29 is 31.8 Å². The van der Waals surface area contributed by atoms with Crippen LogP contribution in [-0.2, 0) is 4.74 Å². The molecule has 31 heavy (non-hydrogen) atoms. The fourth-order valence-corrected chi connectivity index (χ4v) is 2.64. The molecule has 3 nitrogen and oxygen atoms in total. The topological polar surface area (TPSA) is 27.7 Å². The summed E-state index contributed by atoms with van der Waals surface area (Å²) in [6, 6.07) is 5.03. The standard InChI is InChI=1S/C24H22F4O3/c1-7-29-19-11-9-17(21(25)23(19)27)13(3)15(5)31-16(6)14(4)18-10-12-20(30-8-2)24(28)22(18)26/h9-12H,3-8H2,1-2H3. The fraction of sp³-hybridized carbons (Fsp3) is 0.167. The van der Waals surface area contributed by atoms with E-state index in [0.29, 0.717) is 0 Å². The van der Waals surface area contributed by atoms with Gasteiger partial charge in [0.2, 0.25) is 11.6 Å². The van der Waals surface area contributed by atoms with Crippen LogP contribution in [0.3, 0.4) is 0 Å². The van der Waals surface area contributed by atoms with Gasteiger partial charge in [-0.15, -0.1) is 0 Å². The van der Waals surface area contributed by atoms with Gasteiger partial charge in [0.15, 0.2) is 23.1 Å². The molecule has 7 heteroatoms. The van der Waals surface area contributed by atoms with Crippen LogP contribution in [0.25, 0.3) is 11.1 Å². The predicted molar refractivity (Wildman–Crippen MR) is 112 cm³/mol. The Hall–Kier alpha value is -3.48. The maximum atomic E-state index is 14.4. The Bertz CT molecular complexity index is 974. The van der Waals surface area contributed by atoms with Crippen molar-refractivity contribution in [1.82, 2.24) is 0 Å². The molecule has 0 radical (unpaired) electrons. The highest BCUT2D eigenvalue weighted by atomic mass is 19.2. The van der Waals surface area contributed by atoms with Crippen molar-refractivity contribution in [2.75, 3.05) is 13.2 Å². The molecule has 2 aromatic rings. The van der Waals surface area contributed by atoms with Crippen molar-refractivity contribution in [2.45, 2.75) is 13.8 Å². The Kier molecular flexibility index (Phi) is 7.69. The van der Waals surface area contributed by atoms with Crippen LogP contribution in [0.4, 0.5) is 17.6 Å². The monoisotopic (exact) mass is 434 g/mol. The van der Waals surface area contributed by atoms with Crippen molar-refractivity contribution in [3.8, 4) is 11.5 Å². The molecule has 0 fully saturated rings. The summed E-state index contributed by atoms with van der Waals surface area (Å²) in [6.07, 6.45) is 0. The van der Waals surface area contributed by atoms with Crippen molar-refractivity contribution in [2.24, 2.45) is 0 Å². The Morgan fingerprint density at radius 3 is 1.32 bits per heavy atom. The van der Waals surface area contributed by atoms with Crippen LogP contribution >= 0.6 is 0 Å². The molecular formula is C24H22F4O3. The van der Waals surface area contributed by atoms with E-state index in [1.54, 1.807) is 13.8 Å². The molecule has 0 unspecified atom stereocenters. The quantitative estimate of drug-likeness (QED) is 0.234. The van der Waals surface area contributed by atoms with Crippen molar-refractivity contribution in [3.05, 3.63) is 96.5 Å². The van der Waals surface area contributed by atoms with Crippen LogP contribution in [0.1, 0.15) is 25.0 Å². The summed E-state index contributed by atoms with van der Waals surface area (Å²) in [4.78, 5) is 0. The van der Waals surface area contributed by atoms with E-state index in [4.69, 9.17) is 14.2 Å². The van der Waals surface area contributed by atoms with Gasteiger partial charge >= 0.3 is 0 Å². The number of benzene rings is 2. The van der Waals surface area contributed by atoms with Gasteiger partial charge in [0.05, 0.1) is 13.2 Å². The summed E-state index contributed by atoms with van der Waals surface area (Å²) in [7, 11) is 0. The fourth-order valence-electron chi connectivity index (χ4n) is 2.64. The van der Waals surface area contributed by atoms with E-state index >= 15 is 0 Å². The predicted octanol–water partition coefficient (Wildman–Crippen LogP) is 6.81. The number of ether oxygens (including phenoxy) is 3. The second kappa shape index (κ2) is 10.0. The largest absolute Gasteiger partial charge is 0.491 e. The second-order valence-electron chi connectivity index (χ2n) is 6.25. The van der Waals surface area contributed by atoms with Crippen LogP contribution in [0.2, 0.25) is 0 Å². The zero-order chi connectivity index (χ0) is 23.3. The smallest absolute Gasteiger partial charge is 0.201 e. The molecule has 0 aliphatic carbocycles. The number of halogens is 4. The Morgan fingerprint density at radius 2 is 1.00 bits per heavy atom. The van der Waals surface area contributed by atoms with Gasteiger partial charge in [-0.1, -0.05) is 26.3 Å². The maximum absolute atomic E-state index is 14.4. The van der Waals surface area contributed by atoms with Gasteiger partial charge in [0.25, 0.3) is 0 Å². The van der Waals surface area contributed by atoms with Crippen LogP contribution in [0.15, 0.2) is 62.1 Å². The third-order valence-electron chi connectivity index (χ3n) is 4.26. The van der Waals surface area contributed by atoms with E-state index in [-0.39, 0.29) is 58.5 Å². The van der Waals surface area contributed by atoms with E-state index in [0.717, 1.165) is 0 Å². The third kappa shape index (κ3) is 4.99. The van der Waals surface area contributed by atoms with Crippen LogP contribution < -0.4 is 9.47 Å². The summed E-state index contributed by atoms with van der Waals surface area (Å²) >= 11 is 0.